The standard InChI is InChI=1S/C15H16FNO.ClH/c1-17-10-13-3-2-4-15(9-13)18-11-12-5-7-14(16)8-6-12;/h2-9,17H,10-11H2,1H3;1H. The fourth-order valence-corrected chi connectivity index (χ4v) is 1.70. The predicted molar refractivity (Wildman–Crippen MR) is 77.2 cm³/mol. The number of hydrogen-bond donors (Lipinski definition) is 1. The van der Waals surface area contributed by atoms with Crippen molar-refractivity contribution in [1.29, 1.82) is 0 Å². The first kappa shape index (κ1) is 15.5. The van der Waals surface area contributed by atoms with Crippen LogP contribution in [0.3, 0.4) is 0 Å². The maximum Gasteiger partial charge on any atom is 0.123 e. The highest BCUT2D eigenvalue weighted by Gasteiger charge is 1.98. The third-order valence-corrected chi connectivity index (χ3v) is 2.60. The summed E-state index contributed by atoms with van der Waals surface area (Å²) in [7, 11) is 1.91. The van der Waals surface area contributed by atoms with Gasteiger partial charge in [-0.1, -0.05) is 24.3 Å². The van der Waals surface area contributed by atoms with Gasteiger partial charge in [0.1, 0.15) is 18.2 Å². The van der Waals surface area contributed by atoms with Crippen molar-refractivity contribution in [3.63, 3.8) is 0 Å². The van der Waals surface area contributed by atoms with Crippen molar-refractivity contribution in [2.45, 2.75) is 13.2 Å². The van der Waals surface area contributed by atoms with E-state index in [1.807, 2.05) is 31.3 Å². The van der Waals surface area contributed by atoms with Crippen LogP contribution in [-0.4, -0.2) is 7.05 Å². The first-order chi connectivity index (χ1) is 8.78. The second kappa shape index (κ2) is 7.77. The molecular weight excluding hydrogens is 265 g/mol. The molecule has 0 aliphatic carbocycles. The van der Waals surface area contributed by atoms with E-state index in [2.05, 4.69) is 5.32 Å². The average molecular weight is 282 g/mol. The van der Waals surface area contributed by atoms with Crippen molar-refractivity contribution in [2.24, 2.45) is 0 Å². The highest BCUT2D eigenvalue weighted by atomic mass is 35.5. The summed E-state index contributed by atoms with van der Waals surface area (Å²) >= 11 is 0. The van der Waals surface area contributed by atoms with Crippen molar-refractivity contribution in [3.05, 3.63) is 65.5 Å². The molecule has 0 saturated heterocycles. The molecule has 0 aliphatic heterocycles. The molecule has 0 fully saturated rings. The molecule has 102 valence electrons. The van der Waals surface area contributed by atoms with Crippen LogP contribution < -0.4 is 10.1 Å². The van der Waals surface area contributed by atoms with Gasteiger partial charge >= 0.3 is 0 Å². The fourth-order valence-electron chi connectivity index (χ4n) is 1.70. The molecular formula is C15H17ClFNO. The van der Waals surface area contributed by atoms with Gasteiger partial charge in [0.15, 0.2) is 0 Å². The van der Waals surface area contributed by atoms with E-state index in [0.717, 1.165) is 17.9 Å². The Morgan fingerprint density at radius 1 is 1.05 bits per heavy atom. The van der Waals surface area contributed by atoms with Gasteiger partial charge in [-0.05, 0) is 42.4 Å². The van der Waals surface area contributed by atoms with E-state index in [9.17, 15) is 4.39 Å². The Morgan fingerprint density at radius 3 is 2.47 bits per heavy atom. The summed E-state index contributed by atoms with van der Waals surface area (Å²) in [5.41, 5.74) is 2.13. The number of benzene rings is 2. The zero-order valence-corrected chi connectivity index (χ0v) is 11.5. The van der Waals surface area contributed by atoms with Gasteiger partial charge in [-0.3, -0.25) is 0 Å². The summed E-state index contributed by atoms with van der Waals surface area (Å²) in [4.78, 5) is 0. The minimum absolute atomic E-state index is 0. The van der Waals surface area contributed by atoms with Crippen molar-refractivity contribution >= 4 is 12.4 Å². The quantitative estimate of drug-likeness (QED) is 0.905. The van der Waals surface area contributed by atoms with E-state index in [1.165, 1.54) is 17.7 Å². The van der Waals surface area contributed by atoms with Crippen molar-refractivity contribution < 1.29 is 9.13 Å². The van der Waals surface area contributed by atoms with Gasteiger partial charge in [0.25, 0.3) is 0 Å². The molecule has 0 aliphatic rings. The number of halogens is 2. The van der Waals surface area contributed by atoms with Gasteiger partial charge in [0.2, 0.25) is 0 Å². The van der Waals surface area contributed by atoms with Gasteiger partial charge in [0, 0.05) is 6.54 Å². The minimum atomic E-state index is -0.227. The lowest BCUT2D eigenvalue weighted by atomic mass is 10.2. The molecule has 19 heavy (non-hydrogen) atoms. The second-order valence-electron chi connectivity index (χ2n) is 4.09. The van der Waals surface area contributed by atoms with Gasteiger partial charge in [-0.15, -0.1) is 12.4 Å². The zero-order chi connectivity index (χ0) is 12.8. The molecule has 2 aromatic rings. The number of ether oxygens (including phenoxy) is 1. The molecule has 1 N–H and O–H groups in total. The number of rotatable bonds is 5. The summed E-state index contributed by atoms with van der Waals surface area (Å²) in [5.74, 6) is 0.599. The van der Waals surface area contributed by atoms with Crippen LogP contribution in [0.5, 0.6) is 5.75 Å². The molecule has 4 heteroatoms. The lowest BCUT2D eigenvalue weighted by Crippen LogP contribution is -2.05. The highest BCUT2D eigenvalue weighted by Crippen LogP contribution is 2.15. The molecule has 2 aromatic carbocycles. The zero-order valence-electron chi connectivity index (χ0n) is 10.7. The topological polar surface area (TPSA) is 21.3 Å². The first-order valence-corrected chi connectivity index (χ1v) is 5.89. The molecule has 0 aromatic heterocycles. The van der Waals surface area contributed by atoms with Gasteiger partial charge in [-0.2, -0.15) is 0 Å². The van der Waals surface area contributed by atoms with Gasteiger partial charge < -0.3 is 10.1 Å². The molecule has 2 nitrogen and oxygen atoms in total. The summed E-state index contributed by atoms with van der Waals surface area (Å²) in [6, 6.07) is 14.3. The van der Waals surface area contributed by atoms with Crippen LogP contribution in [0.2, 0.25) is 0 Å². The first-order valence-electron chi connectivity index (χ1n) is 5.89. The molecule has 0 radical (unpaired) electrons. The highest BCUT2D eigenvalue weighted by molar-refractivity contribution is 5.85. The second-order valence-corrected chi connectivity index (χ2v) is 4.09. The van der Waals surface area contributed by atoms with Gasteiger partial charge in [0.05, 0.1) is 0 Å². The van der Waals surface area contributed by atoms with Crippen LogP contribution in [0.15, 0.2) is 48.5 Å². The molecule has 2 rings (SSSR count). The monoisotopic (exact) mass is 281 g/mol. The van der Waals surface area contributed by atoms with E-state index in [4.69, 9.17) is 4.74 Å². The van der Waals surface area contributed by atoms with Crippen LogP contribution in [0.25, 0.3) is 0 Å². The lowest BCUT2D eigenvalue weighted by molar-refractivity contribution is 0.305. The summed E-state index contributed by atoms with van der Waals surface area (Å²) in [5, 5.41) is 3.09. The Bertz CT molecular complexity index is 502. The van der Waals surface area contributed by atoms with Crippen molar-refractivity contribution in [2.75, 3.05) is 7.05 Å². The summed E-state index contributed by atoms with van der Waals surface area (Å²) in [6.45, 7) is 1.26. The minimum Gasteiger partial charge on any atom is -0.489 e. The molecule has 0 amide bonds. The largest absolute Gasteiger partial charge is 0.489 e. The number of hydrogen-bond acceptors (Lipinski definition) is 2. The molecule has 0 saturated carbocycles. The molecule has 0 unspecified atom stereocenters. The fraction of sp³-hybridized carbons (Fsp3) is 0.200. The van der Waals surface area contributed by atoms with Crippen LogP contribution in [0.4, 0.5) is 4.39 Å². The van der Waals surface area contributed by atoms with Crippen LogP contribution in [0.1, 0.15) is 11.1 Å². The lowest BCUT2D eigenvalue weighted by Gasteiger charge is -2.08. The van der Waals surface area contributed by atoms with Crippen LogP contribution in [-0.2, 0) is 13.2 Å². The molecule has 0 bridgehead atoms. The summed E-state index contributed by atoms with van der Waals surface area (Å²) in [6.07, 6.45) is 0. The predicted octanol–water partition coefficient (Wildman–Crippen LogP) is 3.55. The molecule has 0 heterocycles. The van der Waals surface area contributed by atoms with Crippen LogP contribution >= 0.6 is 12.4 Å². The Morgan fingerprint density at radius 2 is 1.79 bits per heavy atom. The van der Waals surface area contributed by atoms with Crippen LogP contribution in [0, 0.1) is 5.82 Å². The maximum absolute atomic E-state index is 12.7. The number of nitrogens with one attached hydrogen (secondary N) is 1. The average Bonchev–Trinajstić information content (AvgIpc) is 2.39. The van der Waals surface area contributed by atoms with E-state index < -0.39 is 0 Å². The van der Waals surface area contributed by atoms with E-state index in [1.54, 1.807) is 12.1 Å². The third-order valence-electron chi connectivity index (χ3n) is 2.60. The van der Waals surface area contributed by atoms with E-state index >= 15 is 0 Å². The Kier molecular flexibility index (Phi) is 6.33. The van der Waals surface area contributed by atoms with Crippen molar-refractivity contribution in [1.82, 2.24) is 5.32 Å². The van der Waals surface area contributed by atoms with Crippen molar-refractivity contribution in [3.8, 4) is 5.75 Å². The van der Waals surface area contributed by atoms with Gasteiger partial charge in [-0.25, -0.2) is 4.39 Å². The SMILES string of the molecule is CNCc1cccc(OCc2ccc(F)cc2)c1.Cl. The van der Waals surface area contributed by atoms with E-state index in [-0.39, 0.29) is 18.2 Å². The smallest absolute Gasteiger partial charge is 0.123 e. The van der Waals surface area contributed by atoms with E-state index in [0.29, 0.717) is 6.61 Å². The third kappa shape index (κ3) is 4.89. The molecule has 0 atom stereocenters. The molecule has 0 spiro atoms. The summed E-state index contributed by atoms with van der Waals surface area (Å²) < 4.78 is 18.4. The normalized spacial score (nSPS) is 9.79. The maximum atomic E-state index is 12.7. The Balaban J connectivity index is 0.00000180. The Labute approximate surface area is 119 Å². The Hall–Kier alpha value is -1.58.